The molecule has 30 heavy (non-hydrogen) atoms. The molecule has 2 aliphatic heterocycles. The Balaban J connectivity index is 0.000000171. The zero-order valence-corrected chi connectivity index (χ0v) is 18.7. The minimum atomic E-state index is 0.380. The molecule has 4 rings (SSSR count). The number of hydrogen-bond donors (Lipinski definition) is 0. The summed E-state index contributed by atoms with van der Waals surface area (Å²) in [7, 11) is 0. The van der Waals surface area contributed by atoms with Crippen LogP contribution in [0.3, 0.4) is 0 Å². The third-order valence-electron chi connectivity index (χ3n) is 5.53. The van der Waals surface area contributed by atoms with Crippen molar-refractivity contribution in [2.45, 2.75) is 38.8 Å². The number of Topliss-reactive ketones (excluding diaryl/α,β-unsaturated/α-hetero) is 2. The molecular formula is C24H28Cl2N2O2. The molecule has 2 fully saturated rings. The second-order valence-corrected chi connectivity index (χ2v) is 8.63. The number of benzene rings is 2. The van der Waals surface area contributed by atoms with E-state index in [1.165, 1.54) is 0 Å². The van der Waals surface area contributed by atoms with Crippen molar-refractivity contribution < 1.29 is 9.59 Å². The second kappa shape index (κ2) is 11.6. The Labute approximate surface area is 188 Å². The Morgan fingerprint density at radius 2 is 0.933 bits per heavy atom. The molecule has 0 unspecified atom stereocenters. The van der Waals surface area contributed by atoms with Crippen LogP contribution in [0.4, 0.5) is 0 Å². The number of ketones is 2. The Bertz CT molecular complexity index is 780. The van der Waals surface area contributed by atoms with E-state index in [4.69, 9.17) is 23.2 Å². The summed E-state index contributed by atoms with van der Waals surface area (Å²) in [5.74, 6) is 0.760. The Hall–Kier alpha value is -1.72. The number of carbonyl (C=O) groups excluding carboxylic acids is 2. The summed E-state index contributed by atoms with van der Waals surface area (Å²) in [5, 5.41) is 1.63. The van der Waals surface area contributed by atoms with Gasteiger partial charge < -0.3 is 0 Å². The van der Waals surface area contributed by atoms with Crippen LogP contribution in [0.2, 0.25) is 10.0 Å². The fourth-order valence-corrected chi connectivity index (χ4v) is 4.05. The first-order chi connectivity index (χ1) is 14.5. The third-order valence-corrected chi connectivity index (χ3v) is 6.27. The molecule has 0 aliphatic carbocycles. The highest BCUT2D eigenvalue weighted by Gasteiger charge is 2.17. The van der Waals surface area contributed by atoms with Gasteiger partial charge in [-0.2, -0.15) is 0 Å². The minimum absolute atomic E-state index is 0.380. The van der Waals surface area contributed by atoms with Crippen LogP contribution in [0.1, 0.15) is 36.8 Å². The lowest BCUT2D eigenvalue weighted by molar-refractivity contribution is -0.122. The van der Waals surface area contributed by atoms with E-state index >= 15 is 0 Å². The van der Waals surface area contributed by atoms with Crippen molar-refractivity contribution in [1.82, 2.24) is 9.80 Å². The van der Waals surface area contributed by atoms with Crippen molar-refractivity contribution in [3.63, 3.8) is 0 Å². The fourth-order valence-electron chi connectivity index (χ4n) is 3.66. The molecule has 0 aromatic heterocycles. The minimum Gasteiger partial charge on any atom is -0.300 e. The van der Waals surface area contributed by atoms with Crippen LogP contribution in [0.15, 0.2) is 48.5 Å². The van der Waals surface area contributed by atoms with E-state index in [9.17, 15) is 9.59 Å². The van der Waals surface area contributed by atoms with E-state index in [2.05, 4.69) is 9.80 Å². The highest BCUT2D eigenvalue weighted by atomic mass is 35.5. The van der Waals surface area contributed by atoms with Gasteiger partial charge in [0, 0.05) is 75.0 Å². The van der Waals surface area contributed by atoms with Gasteiger partial charge >= 0.3 is 0 Å². The third kappa shape index (κ3) is 7.21. The number of nitrogens with zero attached hydrogens (tertiary/aromatic N) is 2. The summed E-state index contributed by atoms with van der Waals surface area (Å²) in [6.07, 6.45) is 2.74. The molecule has 0 saturated carbocycles. The summed E-state index contributed by atoms with van der Waals surface area (Å²) >= 11 is 12.2. The zero-order valence-electron chi connectivity index (χ0n) is 17.2. The number of hydrogen-bond acceptors (Lipinski definition) is 4. The Morgan fingerprint density at radius 1 is 0.600 bits per heavy atom. The van der Waals surface area contributed by atoms with Gasteiger partial charge in [0.1, 0.15) is 11.6 Å². The quantitative estimate of drug-likeness (QED) is 0.661. The van der Waals surface area contributed by atoms with E-state index < -0.39 is 0 Å². The standard InChI is InChI=1S/2C12H14ClNO/c2*13-12-4-2-1-3-10(12)9-14-7-5-11(15)6-8-14/h2*1-4H,5-9H2. The average molecular weight is 447 g/mol. The van der Waals surface area contributed by atoms with Gasteiger partial charge in [-0.05, 0) is 23.3 Å². The number of carbonyl (C=O) groups is 2. The summed E-state index contributed by atoms with van der Waals surface area (Å²) in [4.78, 5) is 26.7. The molecule has 0 spiro atoms. The second-order valence-electron chi connectivity index (χ2n) is 7.81. The Morgan fingerprint density at radius 3 is 1.27 bits per heavy atom. The van der Waals surface area contributed by atoms with Crippen molar-refractivity contribution >= 4 is 34.8 Å². The average Bonchev–Trinajstić information content (AvgIpc) is 2.75. The molecule has 2 aromatic carbocycles. The van der Waals surface area contributed by atoms with Crippen LogP contribution in [0.5, 0.6) is 0 Å². The van der Waals surface area contributed by atoms with Crippen molar-refractivity contribution in [1.29, 1.82) is 0 Å². The molecule has 4 nitrogen and oxygen atoms in total. The van der Waals surface area contributed by atoms with Crippen LogP contribution in [-0.2, 0) is 22.7 Å². The van der Waals surface area contributed by atoms with Gasteiger partial charge in [-0.15, -0.1) is 0 Å². The van der Waals surface area contributed by atoms with E-state index in [1.807, 2.05) is 48.5 Å². The first-order valence-corrected chi connectivity index (χ1v) is 11.2. The highest BCUT2D eigenvalue weighted by molar-refractivity contribution is 6.31. The molecule has 160 valence electrons. The summed E-state index contributed by atoms with van der Waals surface area (Å²) in [5.41, 5.74) is 2.29. The predicted octanol–water partition coefficient (Wildman–Crippen LogP) is 5.01. The van der Waals surface area contributed by atoms with Crippen molar-refractivity contribution in [3.8, 4) is 0 Å². The smallest absolute Gasteiger partial charge is 0.135 e. The molecule has 0 bridgehead atoms. The normalized spacial score (nSPS) is 18.1. The van der Waals surface area contributed by atoms with Gasteiger partial charge in [0.25, 0.3) is 0 Å². The highest BCUT2D eigenvalue weighted by Crippen LogP contribution is 2.19. The van der Waals surface area contributed by atoms with Crippen LogP contribution in [0.25, 0.3) is 0 Å². The van der Waals surface area contributed by atoms with E-state index in [-0.39, 0.29) is 0 Å². The molecule has 0 amide bonds. The lowest BCUT2D eigenvalue weighted by Crippen LogP contribution is -2.33. The van der Waals surface area contributed by atoms with Gasteiger partial charge in [-0.25, -0.2) is 0 Å². The molecule has 0 N–H and O–H groups in total. The van der Waals surface area contributed by atoms with Gasteiger partial charge in [0.15, 0.2) is 0 Å². The number of rotatable bonds is 4. The molecule has 2 aliphatic rings. The SMILES string of the molecule is O=C1CCN(Cc2ccccc2Cl)CC1.O=C1CCN(Cc2ccccc2Cl)CC1. The fraction of sp³-hybridized carbons (Fsp3) is 0.417. The molecule has 2 heterocycles. The van der Waals surface area contributed by atoms with E-state index in [0.29, 0.717) is 37.2 Å². The predicted molar refractivity (Wildman–Crippen MR) is 122 cm³/mol. The number of piperidine rings is 2. The monoisotopic (exact) mass is 446 g/mol. The summed E-state index contributed by atoms with van der Waals surface area (Å²) in [6.45, 7) is 5.17. The number of likely N-dealkylation sites (tertiary alicyclic amines) is 2. The largest absolute Gasteiger partial charge is 0.300 e. The summed E-state index contributed by atoms with van der Waals surface area (Å²) < 4.78 is 0. The van der Waals surface area contributed by atoms with Crippen molar-refractivity contribution in [3.05, 3.63) is 69.7 Å². The molecule has 0 atom stereocenters. The summed E-state index contributed by atoms with van der Waals surface area (Å²) in [6, 6.07) is 15.8. The van der Waals surface area contributed by atoms with Crippen LogP contribution in [0, 0.1) is 0 Å². The van der Waals surface area contributed by atoms with Crippen molar-refractivity contribution in [2.75, 3.05) is 26.2 Å². The molecule has 0 radical (unpaired) electrons. The van der Waals surface area contributed by atoms with E-state index in [1.54, 1.807) is 0 Å². The maximum atomic E-state index is 11.1. The molecular weight excluding hydrogens is 419 g/mol. The van der Waals surface area contributed by atoms with Gasteiger partial charge in [-0.3, -0.25) is 19.4 Å². The van der Waals surface area contributed by atoms with E-state index in [0.717, 1.165) is 60.4 Å². The number of halogens is 2. The van der Waals surface area contributed by atoms with Crippen molar-refractivity contribution in [2.24, 2.45) is 0 Å². The lowest BCUT2D eigenvalue weighted by Gasteiger charge is -2.26. The van der Waals surface area contributed by atoms with Gasteiger partial charge in [-0.1, -0.05) is 59.6 Å². The first-order valence-electron chi connectivity index (χ1n) is 10.5. The molecule has 6 heteroatoms. The van der Waals surface area contributed by atoms with Crippen LogP contribution in [-0.4, -0.2) is 47.5 Å². The van der Waals surface area contributed by atoms with Gasteiger partial charge in [0.2, 0.25) is 0 Å². The zero-order chi connectivity index (χ0) is 21.3. The van der Waals surface area contributed by atoms with Crippen LogP contribution >= 0.6 is 23.2 Å². The van der Waals surface area contributed by atoms with Gasteiger partial charge in [0.05, 0.1) is 0 Å². The maximum Gasteiger partial charge on any atom is 0.135 e. The lowest BCUT2D eigenvalue weighted by atomic mass is 10.1. The molecule has 2 saturated heterocycles. The molecule has 2 aromatic rings. The first kappa shape index (κ1) is 23.0. The maximum absolute atomic E-state index is 11.1. The topological polar surface area (TPSA) is 40.6 Å². The Kier molecular flexibility index (Phi) is 8.88. The van der Waals surface area contributed by atoms with Crippen LogP contribution < -0.4 is 0 Å².